The molecule has 2 atom stereocenters. The Morgan fingerprint density at radius 3 is 2.91 bits per heavy atom. The number of primary amides is 1. The number of nitrogens with zero attached hydrogens (tertiary/aromatic N) is 4. The lowest BCUT2D eigenvalue weighted by molar-refractivity contribution is 0.0600. The number of carbonyl (C=O) groups is 1. The molecule has 0 spiro atoms. The van der Waals surface area contributed by atoms with Crippen molar-refractivity contribution in [3.05, 3.63) is 60.2 Å². The average molecular weight is 439 g/mol. The molecule has 1 aromatic carbocycles. The number of nitrogens with two attached hydrogens (primary N) is 1. The quantitative estimate of drug-likeness (QED) is 0.517. The molecule has 1 aliphatic rings. The highest BCUT2D eigenvalue weighted by molar-refractivity contribution is 5.98. The maximum Gasteiger partial charge on any atom is 0.252 e. The standard InChI is InChI=1S/C22H26FN7O2/c1-25-18-13-32-10-7-19(18)29(2)22-17(23)12-16(20(24)31)21(28-22)27-14-5-3-6-15(11-14)30-9-4-8-26-30/h3-6,8-9,11-12,18-19,25H,7,10,13H2,1-2H3,(H2,24,31)(H,27,28). The van der Waals surface area contributed by atoms with Gasteiger partial charge in [0.15, 0.2) is 11.6 Å². The molecule has 0 saturated carbocycles. The molecular formula is C22H26FN7O2. The van der Waals surface area contributed by atoms with Gasteiger partial charge in [0.2, 0.25) is 0 Å². The Bertz CT molecular complexity index is 1090. The zero-order valence-corrected chi connectivity index (χ0v) is 18.0. The summed E-state index contributed by atoms with van der Waals surface area (Å²) in [6, 6.07) is 10.4. The fraction of sp³-hybridized carbons (Fsp3) is 0.318. The Labute approximate surface area is 185 Å². The predicted octanol–water partition coefficient (Wildman–Crippen LogP) is 2.06. The molecule has 1 aliphatic heterocycles. The first-order valence-electron chi connectivity index (χ1n) is 10.3. The van der Waals surface area contributed by atoms with Crippen LogP contribution in [0.3, 0.4) is 0 Å². The highest BCUT2D eigenvalue weighted by atomic mass is 19.1. The van der Waals surface area contributed by atoms with Crippen molar-refractivity contribution in [3.63, 3.8) is 0 Å². The highest BCUT2D eigenvalue weighted by Gasteiger charge is 2.31. The number of amides is 1. The number of hydrogen-bond donors (Lipinski definition) is 3. The third-order valence-electron chi connectivity index (χ3n) is 5.62. The fourth-order valence-corrected chi connectivity index (χ4v) is 3.92. The number of nitrogens with one attached hydrogen (secondary N) is 2. The lowest BCUT2D eigenvalue weighted by Gasteiger charge is -2.38. The van der Waals surface area contributed by atoms with Gasteiger partial charge in [-0.2, -0.15) is 5.10 Å². The van der Waals surface area contributed by atoms with Crippen molar-refractivity contribution in [3.8, 4) is 5.69 Å². The van der Waals surface area contributed by atoms with Gasteiger partial charge in [0.05, 0.1) is 23.9 Å². The summed E-state index contributed by atoms with van der Waals surface area (Å²) in [6.45, 7) is 1.11. The van der Waals surface area contributed by atoms with Crippen molar-refractivity contribution < 1.29 is 13.9 Å². The smallest absolute Gasteiger partial charge is 0.252 e. The summed E-state index contributed by atoms with van der Waals surface area (Å²) >= 11 is 0. The second-order valence-corrected chi connectivity index (χ2v) is 7.62. The Balaban J connectivity index is 1.69. The Kier molecular flexibility index (Phi) is 6.33. The molecule has 4 N–H and O–H groups in total. The van der Waals surface area contributed by atoms with Gasteiger partial charge in [0.25, 0.3) is 5.91 Å². The monoisotopic (exact) mass is 439 g/mol. The van der Waals surface area contributed by atoms with Crippen LogP contribution in [0.5, 0.6) is 0 Å². The maximum absolute atomic E-state index is 15.0. The largest absolute Gasteiger partial charge is 0.380 e. The van der Waals surface area contributed by atoms with Crippen LogP contribution in [0.25, 0.3) is 5.69 Å². The number of pyridine rings is 1. The van der Waals surface area contributed by atoms with Crippen LogP contribution >= 0.6 is 0 Å². The van der Waals surface area contributed by atoms with E-state index in [4.69, 9.17) is 10.5 Å². The molecule has 32 heavy (non-hydrogen) atoms. The van der Waals surface area contributed by atoms with E-state index >= 15 is 4.39 Å². The molecule has 0 aliphatic carbocycles. The van der Waals surface area contributed by atoms with Crippen molar-refractivity contribution in [2.75, 3.05) is 37.5 Å². The minimum atomic E-state index is -0.768. The van der Waals surface area contributed by atoms with E-state index in [0.717, 1.165) is 18.2 Å². The van der Waals surface area contributed by atoms with Gasteiger partial charge in [0, 0.05) is 37.8 Å². The third kappa shape index (κ3) is 4.41. The minimum Gasteiger partial charge on any atom is -0.380 e. The van der Waals surface area contributed by atoms with Crippen LogP contribution in [0.2, 0.25) is 0 Å². The van der Waals surface area contributed by atoms with Crippen LogP contribution < -0.4 is 21.3 Å². The van der Waals surface area contributed by atoms with E-state index < -0.39 is 11.7 Å². The van der Waals surface area contributed by atoms with E-state index in [1.807, 2.05) is 43.6 Å². The Morgan fingerprint density at radius 1 is 1.34 bits per heavy atom. The third-order valence-corrected chi connectivity index (χ3v) is 5.62. The maximum atomic E-state index is 15.0. The summed E-state index contributed by atoms with van der Waals surface area (Å²) in [5.41, 5.74) is 6.97. The topological polar surface area (TPSA) is 110 Å². The lowest BCUT2D eigenvalue weighted by Crippen LogP contribution is -2.53. The number of rotatable bonds is 7. The number of carbonyl (C=O) groups excluding carboxylic acids is 1. The molecule has 9 nitrogen and oxygen atoms in total. The van der Waals surface area contributed by atoms with Crippen molar-refractivity contribution >= 4 is 23.2 Å². The molecule has 168 valence electrons. The van der Waals surface area contributed by atoms with Gasteiger partial charge in [-0.05, 0) is 43.8 Å². The molecule has 10 heteroatoms. The lowest BCUT2D eigenvalue weighted by atomic mass is 10.0. The van der Waals surface area contributed by atoms with Gasteiger partial charge >= 0.3 is 0 Å². The van der Waals surface area contributed by atoms with Crippen LogP contribution in [0.1, 0.15) is 16.8 Å². The molecule has 3 aromatic rings. The summed E-state index contributed by atoms with van der Waals surface area (Å²) in [5, 5.41) is 10.6. The van der Waals surface area contributed by atoms with Crippen molar-refractivity contribution in [2.45, 2.75) is 18.5 Å². The zero-order chi connectivity index (χ0) is 22.7. The Morgan fingerprint density at radius 2 is 2.19 bits per heavy atom. The second-order valence-electron chi connectivity index (χ2n) is 7.62. The number of benzene rings is 1. The molecular weight excluding hydrogens is 413 g/mol. The van der Waals surface area contributed by atoms with Crippen molar-refractivity contribution in [1.29, 1.82) is 0 Å². The first kappa shape index (κ1) is 21.7. The summed E-state index contributed by atoms with van der Waals surface area (Å²) in [6.07, 6.45) is 4.22. The summed E-state index contributed by atoms with van der Waals surface area (Å²) < 4.78 is 22.3. The highest BCUT2D eigenvalue weighted by Crippen LogP contribution is 2.29. The molecule has 1 fully saturated rings. The number of hydrogen-bond acceptors (Lipinski definition) is 7. The normalized spacial score (nSPS) is 18.3. The molecule has 1 saturated heterocycles. The van der Waals surface area contributed by atoms with Crippen LogP contribution in [0.15, 0.2) is 48.8 Å². The second kappa shape index (κ2) is 9.33. The van der Waals surface area contributed by atoms with Gasteiger partial charge in [-0.3, -0.25) is 4.79 Å². The molecule has 1 amide bonds. The van der Waals surface area contributed by atoms with E-state index in [-0.39, 0.29) is 29.3 Å². The molecule has 3 heterocycles. The van der Waals surface area contributed by atoms with E-state index in [1.54, 1.807) is 22.8 Å². The van der Waals surface area contributed by atoms with Gasteiger partial charge in [0.1, 0.15) is 5.82 Å². The first-order chi connectivity index (χ1) is 15.5. The first-order valence-corrected chi connectivity index (χ1v) is 10.3. The number of likely N-dealkylation sites (N-methyl/N-ethyl adjacent to an activating group) is 2. The fourth-order valence-electron chi connectivity index (χ4n) is 3.92. The van der Waals surface area contributed by atoms with Crippen LogP contribution in [0.4, 0.5) is 21.7 Å². The number of ether oxygens (including phenoxy) is 1. The molecule has 0 bridgehead atoms. The van der Waals surface area contributed by atoms with Crippen molar-refractivity contribution in [2.24, 2.45) is 5.73 Å². The summed E-state index contributed by atoms with van der Waals surface area (Å²) in [7, 11) is 3.64. The average Bonchev–Trinajstić information content (AvgIpc) is 3.34. The Hall–Kier alpha value is -3.50. The number of halogens is 1. The van der Waals surface area contributed by atoms with E-state index in [9.17, 15) is 4.79 Å². The van der Waals surface area contributed by atoms with Gasteiger partial charge < -0.3 is 26.0 Å². The molecule has 2 unspecified atom stereocenters. The van der Waals surface area contributed by atoms with Gasteiger partial charge in [-0.15, -0.1) is 0 Å². The molecule has 4 rings (SSSR count). The zero-order valence-electron chi connectivity index (χ0n) is 18.0. The summed E-state index contributed by atoms with van der Waals surface area (Å²) in [4.78, 5) is 18.3. The van der Waals surface area contributed by atoms with Crippen LogP contribution in [0, 0.1) is 5.82 Å². The minimum absolute atomic E-state index is 0.0212. The number of aromatic nitrogens is 3. The SMILES string of the molecule is CNC1COCCC1N(C)c1nc(Nc2cccc(-n3cccn3)c2)c(C(N)=O)cc1F. The molecule has 0 radical (unpaired) electrons. The van der Waals surface area contributed by atoms with Gasteiger partial charge in [-0.25, -0.2) is 14.1 Å². The van der Waals surface area contributed by atoms with Gasteiger partial charge in [-0.1, -0.05) is 6.07 Å². The molecule has 2 aromatic heterocycles. The van der Waals surface area contributed by atoms with Crippen LogP contribution in [-0.2, 0) is 4.74 Å². The predicted molar refractivity (Wildman–Crippen MR) is 120 cm³/mol. The number of anilines is 3. The van der Waals surface area contributed by atoms with E-state index in [1.165, 1.54) is 0 Å². The van der Waals surface area contributed by atoms with Crippen LogP contribution in [-0.4, -0.2) is 60.1 Å². The summed E-state index contributed by atoms with van der Waals surface area (Å²) in [5.74, 6) is -1.06. The van der Waals surface area contributed by atoms with Crippen molar-refractivity contribution in [1.82, 2.24) is 20.1 Å². The van der Waals surface area contributed by atoms with E-state index in [0.29, 0.717) is 18.9 Å². The van der Waals surface area contributed by atoms with E-state index in [2.05, 4.69) is 20.7 Å².